The second-order valence-corrected chi connectivity index (χ2v) is 6.01. The molecular weight excluding hydrogens is 398 g/mol. The van der Waals surface area contributed by atoms with Crippen molar-refractivity contribution in [3.05, 3.63) is 31.9 Å². The molecule has 2 rings (SSSR count). The number of ether oxygens (including phenoxy) is 2. The maximum absolute atomic E-state index is 12.7. The number of unbranched alkanes of at least 4 members (excludes halogenated alkanes) is 1. The van der Waals surface area contributed by atoms with E-state index >= 15 is 0 Å². The number of fused-ring (bicyclic) bond motifs is 1. The molecular formula is C14H16BIN2O4. The quantitative estimate of drug-likeness (QED) is 0.309. The number of pyridine rings is 1. The number of aromatic nitrogens is 2. The molecule has 0 radical (unpaired) electrons. The van der Waals surface area contributed by atoms with Gasteiger partial charge in [0, 0.05) is 6.20 Å². The maximum atomic E-state index is 12.7. The highest BCUT2D eigenvalue weighted by atomic mass is 127. The van der Waals surface area contributed by atoms with E-state index in [2.05, 4.69) is 27.6 Å². The van der Waals surface area contributed by atoms with E-state index in [0.29, 0.717) is 12.3 Å². The van der Waals surface area contributed by atoms with Gasteiger partial charge in [0.1, 0.15) is 7.85 Å². The number of hydrogen-bond acceptors (Lipinski definition) is 5. The van der Waals surface area contributed by atoms with Crippen molar-refractivity contribution in [1.29, 1.82) is 0 Å². The van der Waals surface area contributed by atoms with Crippen molar-refractivity contribution in [3.63, 3.8) is 0 Å². The van der Waals surface area contributed by atoms with E-state index in [1.807, 2.05) is 20.8 Å². The zero-order valence-electron chi connectivity index (χ0n) is 12.7. The first-order chi connectivity index (χ1) is 10.5. The Kier molecular flexibility index (Phi) is 5.44. The first-order valence-corrected chi connectivity index (χ1v) is 8.01. The number of carbonyl (C=O) groups excluding carboxylic acids is 1. The predicted molar refractivity (Wildman–Crippen MR) is 94.1 cm³/mol. The third-order valence-corrected chi connectivity index (χ3v) is 3.89. The van der Waals surface area contributed by atoms with Gasteiger partial charge >= 0.3 is 11.5 Å². The van der Waals surface area contributed by atoms with Gasteiger partial charge in [0.25, 0.3) is 0 Å². The molecule has 0 atom stereocenters. The predicted octanol–water partition coefficient (Wildman–Crippen LogP) is 0.523. The minimum atomic E-state index is -0.678. The molecule has 0 aliphatic rings. The third kappa shape index (κ3) is 3.26. The van der Waals surface area contributed by atoms with Crippen LogP contribution in [0.4, 0.5) is 0 Å². The Bertz CT molecular complexity index is 776. The van der Waals surface area contributed by atoms with Crippen LogP contribution in [0.2, 0.25) is 0 Å². The van der Waals surface area contributed by atoms with E-state index in [9.17, 15) is 9.59 Å². The standard InChI is InChI=1S/C14H16BIN2O4/c1-3-4-5-22-11-10(14(20)21-2)17-12-9(16)6-8(15)7-18(12)13(11)19/h6-7H,3-5,15H2,1-2H3. The van der Waals surface area contributed by atoms with Crippen LogP contribution in [0.25, 0.3) is 5.65 Å². The Hall–Kier alpha value is -1.58. The molecule has 22 heavy (non-hydrogen) atoms. The molecule has 0 bridgehead atoms. The molecule has 0 N–H and O–H groups in total. The zero-order valence-corrected chi connectivity index (χ0v) is 14.8. The summed E-state index contributed by atoms with van der Waals surface area (Å²) in [5.74, 6) is -0.735. The van der Waals surface area contributed by atoms with Crippen LogP contribution in [0.3, 0.4) is 0 Å². The van der Waals surface area contributed by atoms with Crippen molar-refractivity contribution in [2.75, 3.05) is 13.7 Å². The van der Waals surface area contributed by atoms with Gasteiger partial charge in [-0.1, -0.05) is 18.8 Å². The van der Waals surface area contributed by atoms with Gasteiger partial charge in [-0.15, -0.1) is 0 Å². The first kappa shape index (κ1) is 16.8. The Labute approximate surface area is 142 Å². The lowest BCUT2D eigenvalue weighted by molar-refractivity contribution is 0.0588. The van der Waals surface area contributed by atoms with Gasteiger partial charge in [0.05, 0.1) is 17.3 Å². The van der Waals surface area contributed by atoms with Crippen molar-refractivity contribution in [1.82, 2.24) is 9.38 Å². The first-order valence-electron chi connectivity index (χ1n) is 6.93. The Morgan fingerprint density at radius 3 is 2.86 bits per heavy atom. The fraction of sp³-hybridized carbons (Fsp3) is 0.357. The SMILES string of the molecule is Bc1cc(I)c2nc(C(=O)OC)c(OCCCC)c(=O)n2c1. The smallest absolute Gasteiger partial charge is 0.360 e. The van der Waals surface area contributed by atoms with Gasteiger partial charge in [0.15, 0.2) is 11.3 Å². The van der Waals surface area contributed by atoms with E-state index in [4.69, 9.17) is 9.47 Å². The molecule has 0 saturated heterocycles. The number of rotatable bonds is 5. The molecule has 0 aromatic carbocycles. The summed E-state index contributed by atoms with van der Waals surface area (Å²) >= 11 is 2.08. The second kappa shape index (κ2) is 7.12. The lowest BCUT2D eigenvalue weighted by Gasteiger charge is -2.12. The summed E-state index contributed by atoms with van der Waals surface area (Å²) in [6.07, 6.45) is 3.39. The summed E-state index contributed by atoms with van der Waals surface area (Å²) in [5.41, 5.74) is 0.860. The summed E-state index contributed by atoms with van der Waals surface area (Å²) < 4.78 is 12.4. The maximum Gasteiger partial charge on any atom is 0.360 e. The van der Waals surface area contributed by atoms with Crippen molar-refractivity contribution >= 4 is 47.5 Å². The van der Waals surface area contributed by atoms with Crippen LogP contribution in [0.15, 0.2) is 17.1 Å². The van der Waals surface area contributed by atoms with Crippen LogP contribution in [0.5, 0.6) is 5.75 Å². The van der Waals surface area contributed by atoms with Crippen LogP contribution < -0.4 is 15.8 Å². The Morgan fingerprint density at radius 2 is 2.23 bits per heavy atom. The molecule has 0 aliphatic heterocycles. The lowest BCUT2D eigenvalue weighted by atomic mass is 9.99. The van der Waals surface area contributed by atoms with Gasteiger partial charge in [-0.05, 0) is 35.1 Å². The van der Waals surface area contributed by atoms with E-state index in [0.717, 1.165) is 21.9 Å². The Balaban J connectivity index is 2.70. The molecule has 0 unspecified atom stereocenters. The molecule has 0 saturated carbocycles. The van der Waals surface area contributed by atoms with E-state index in [-0.39, 0.29) is 11.4 Å². The highest BCUT2D eigenvalue weighted by Gasteiger charge is 2.22. The van der Waals surface area contributed by atoms with Crippen LogP contribution in [-0.4, -0.2) is 36.9 Å². The monoisotopic (exact) mass is 414 g/mol. The summed E-state index contributed by atoms with van der Waals surface area (Å²) in [4.78, 5) is 28.9. The van der Waals surface area contributed by atoms with Crippen LogP contribution in [0, 0.1) is 3.57 Å². The van der Waals surface area contributed by atoms with Gasteiger partial charge in [-0.2, -0.15) is 0 Å². The largest absolute Gasteiger partial charge is 0.486 e. The third-order valence-electron chi connectivity index (χ3n) is 3.10. The molecule has 8 heteroatoms. The summed E-state index contributed by atoms with van der Waals surface area (Å²) in [7, 11) is 3.14. The van der Waals surface area contributed by atoms with Crippen molar-refractivity contribution < 1.29 is 14.3 Å². The summed E-state index contributed by atoms with van der Waals surface area (Å²) in [5, 5.41) is 0. The topological polar surface area (TPSA) is 69.9 Å². The molecule has 0 fully saturated rings. The molecule has 116 valence electrons. The van der Waals surface area contributed by atoms with Crippen LogP contribution in [0.1, 0.15) is 30.3 Å². The number of esters is 1. The number of carbonyl (C=O) groups is 1. The molecule has 2 aromatic rings. The molecule has 6 nitrogen and oxygen atoms in total. The molecule has 0 aliphatic carbocycles. The molecule has 0 amide bonds. The molecule has 2 aromatic heterocycles. The summed E-state index contributed by atoms with van der Waals surface area (Å²) in [6, 6.07) is 1.89. The molecule has 0 spiro atoms. The minimum Gasteiger partial charge on any atom is -0.486 e. The number of hydrogen-bond donors (Lipinski definition) is 0. The van der Waals surface area contributed by atoms with Crippen LogP contribution in [-0.2, 0) is 4.74 Å². The van der Waals surface area contributed by atoms with Gasteiger partial charge in [-0.3, -0.25) is 9.20 Å². The summed E-state index contributed by atoms with van der Waals surface area (Å²) in [6.45, 7) is 2.37. The van der Waals surface area contributed by atoms with Gasteiger partial charge < -0.3 is 9.47 Å². The minimum absolute atomic E-state index is 0.0563. The highest BCUT2D eigenvalue weighted by Crippen LogP contribution is 2.17. The fourth-order valence-electron chi connectivity index (χ4n) is 1.99. The second-order valence-electron chi connectivity index (χ2n) is 4.85. The number of nitrogens with zero attached hydrogens (tertiary/aromatic N) is 2. The Morgan fingerprint density at radius 1 is 1.50 bits per heavy atom. The average Bonchev–Trinajstić information content (AvgIpc) is 2.49. The van der Waals surface area contributed by atoms with Crippen LogP contribution >= 0.6 is 22.6 Å². The fourth-order valence-corrected chi connectivity index (χ4v) is 2.87. The van der Waals surface area contributed by atoms with Crippen molar-refractivity contribution in [2.24, 2.45) is 0 Å². The van der Waals surface area contributed by atoms with Gasteiger partial charge in [0.2, 0.25) is 5.75 Å². The lowest BCUT2D eigenvalue weighted by Crippen LogP contribution is -2.26. The number of halogens is 1. The highest BCUT2D eigenvalue weighted by molar-refractivity contribution is 14.1. The normalized spacial score (nSPS) is 10.7. The van der Waals surface area contributed by atoms with E-state index in [1.165, 1.54) is 11.5 Å². The zero-order chi connectivity index (χ0) is 16.3. The number of methoxy groups -OCH3 is 1. The van der Waals surface area contributed by atoms with E-state index < -0.39 is 11.5 Å². The van der Waals surface area contributed by atoms with Crippen molar-refractivity contribution in [3.8, 4) is 5.75 Å². The van der Waals surface area contributed by atoms with Gasteiger partial charge in [-0.25, -0.2) is 9.78 Å². The van der Waals surface area contributed by atoms with Crippen molar-refractivity contribution in [2.45, 2.75) is 19.8 Å². The average molecular weight is 414 g/mol. The van der Waals surface area contributed by atoms with E-state index in [1.54, 1.807) is 6.20 Å². The molecule has 2 heterocycles.